The number of nitrogens with one attached hydrogen (secondary N) is 2. The summed E-state index contributed by atoms with van der Waals surface area (Å²) in [6.07, 6.45) is 4.65. The van der Waals surface area contributed by atoms with Gasteiger partial charge in [-0.3, -0.25) is 15.1 Å². The molecule has 5 aromatic rings. The topological polar surface area (TPSA) is 92.2 Å². The molecule has 2 N–H and O–H groups in total. The van der Waals surface area contributed by atoms with Crippen molar-refractivity contribution in [3.63, 3.8) is 0 Å². The van der Waals surface area contributed by atoms with Crippen molar-refractivity contribution in [3.05, 3.63) is 114 Å². The quantitative estimate of drug-likeness (QED) is 0.208. The zero-order chi connectivity index (χ0) is 31.6. The Kier molecular flexibility index (Phi) is 8.39. The van der Waals surface area contributed by atoms with Crippen LogP contribution in [0.5, 0.6) is 0 Å². The van der Waals surface area contributed by atoms with Crippen LogP contribution < -0.4 is 10.6 Å². The number of benzene rings is 3. The van der Waals surface area contributed by atoms with E-state index in [4.69, 9.17) is 5.10 Å². The number of likely N-dealkylation sites (tertiary alicyclic amines) is 1. The first-order chi connectivity index (χ1) is 21.6. The van der Waals surface area contributed by atoms with E-state index in [0.717, 1.165) is 71.5 Å². The average molecular weight is 601 g/mol. The number of aromatic nitrogens is 3. The van der Waals surface area contributed by atoms with E-state index in [1.54, 1.807) is 10.9 Å². The highest BCUT2D eigenvalue weighted by Gasteiger charge is 2.24. The molecule has 1 saturated heterocycles. The minimum Gasteiger partial charge on any atom is -0.339 e. The summed E-state index contributed by atoms with van der Waals surface area (Å²) >= 11 is 0. The number of anilines is 2. The maximum Gasteiger partial charge on any atom is 0.324 e. The number of hydrogen-bond acceptors (Lipinski definition) is 4. The number of carbonyl (C=O) groups excluding carboxylic acids is 2. The van der Waals surface area contributed by atoms with Crippen molar-refractivity contribution >= 4 is 34.3 Å². The van der Waals surface area contributed by atoms with Crippen LogP contribution >= 0.6 is 0 Å². The first kappa shape index (κ1) is 30.1. The third-order valence-electron chi connectivity index (χ3n) is 8.49. The molecule has 1 fully saturated rings. The van der Waals surface area contributed by atoms with Crippen LogP contribution in [0.15, 0.2) is 91.1 Å². The zero-order valence-corrected chi connectivity index (χ0v) is 26.4. The fraction of sp³-hybridized carbons (Fsp3) is 0.297. The molecule has 6 rings (SSSR count). The largest absolute Gasteiger partial charge is 0.339 e. The molecule has 0 saturated carbocycles. The Labute approximate surface area is 264 Å². The van der Waals surface area contributed by atoms with Gasteiger partial charge in [-0.1, -0.05) is 56.7 Å². The van der Waals surface area contributed by atoms with Gasteiger partial charge in [0.1, 0.15) is 5.82 Å². The highest BCUT2D eigenvalue weighted by Crippen LogP contribution is 2.27. The molecule has 8 heteroatoms. The van der Waals surface area contributed by atoms with Gasteiger partial charge in [0.25, 0.3) is 5.91 Å². The lowest BCUT2D eigenvalue weighted by atomic mass is 9.90. The Morgan fingerprint density at radius 1 is 0.889 bits per heavy atom. The van der Waals surface area contributed by atoms with Crippen molar-refractivity contribution < 1.29 is 9.59 Å². The van der Waals surface area contributed by atoms with E-state index in [0.29, 0.717) is 11.7 Å². The molecule has 45 heavy (non-hydrogen) atoms. The van der Waals surface area contributed by atoms with Crippen molar-refractivity contribution in [1.29, 1.82) is 0 Å². The Bertz CT molecular complexity index is 1810. The number of pyridine rings is 1. The molecule has 0 aliphatic carbocycles. The smallest absolute Gasteiger partial charge is 0.324 e. The van der Waals surface area contributed by atoms with Crippen LogP contribution in [0.25, 0.3) is 16.6 Å². The summed E-state index contributed by atoms with van der Waals surface area (Å²) in [5, 5.41) is 11.7. The first-order valence-corrected chi connectivity index (χ1v) is 15.6. The van der Waals surface area contributed by atoms with Crippen LogP contribution in [0.4, 0.5) is 16.3 Å². The first-order valence-electron chi connectivity index (χ1n) is 15.6. The molecule has 0 spiro atoms. The molecule has 0 bridgehead atoms. The number of aryl methyl sites for hydroxylation is 1. The van der Waals surface area contributed by atoms with Crippen molar-refractivity contribution in [2.45, 2.75) is 52.4 Å². The average Bonchev–Trinajstić information content (AvgIpc) is 3.46. The van der Waals surface area contributed by atoms with Crippen molar-refractivity contribution in [2.24, 2.45) is 5.92 Å². The molecule has 0 unspecified atom stereocenters. The summed E-state index contributed by atoms with van der Waals surface area (Å²) < 4.78 is 1.78. The third kappa shape index (κ3) is 7.06. The molecule has 0 radical (unpaired) electrons. The minimum absolute atomic E-state index is 0.0875. The normalized spacial score (nSPS) is 14.0. The SMILES string of the molecule is Cc1ccc(-n2nc(C(C)(C)C)cc2NC(=O)Nc2ccc(CC3CCN(C(=O)c4ccc5ncccc5c4)CC3)cc2)cc1. The van der Waals surface area contributed by atoms with E-state index >= 15 is 0 Å². The molecule has 230 valence electrons. The molecule has 3 heterocycles. The molecule has 1 aliphatic rings. The van der Waals surface area contributed by atoms with E-state index < -0.39 is 0 Å². The van der Waals surface area contributed by atoms with E-state index in [2.05, 4.69) is 48.5 Å². The molecular weight excluding hydrogens is 560 g/mol. The van der Waals surface area contributed by atoms with Gasteiger partial charge >= 0.3 is 6.03 Å². The second-order valence-corrected chi connectivity index (χ2v) is 13.0. The lowest BCUT2D eigenvalue weighted by Crippen LogP contribution is -2.38. The predicted octanol–water partition coefficient (Wildman–Crippen LogP) is 7.77. The monoisotopic (exact) mass is 600 g/mol. The van der Waals surface area contributed by atoms with E-state index in [1.165, 1.54) is 5.56 Å². The second kappa shape index (κ2) is 12.6. The van der Waals surface area contributed by atoms with Crippen molar-refractivity contribution in [2.75, 3.05) is 23.7 Å². The van der Waals surface area contributed by atoms with Crippen molar-refractivity contribution in [1.82, 2.24) is 19.7 Å². The Morgan fingerprint density at radius 2 is 1.62 bits per heavy atom. The Balaban J connectivity index is 1.03. The number of amides is 3. The highest BCUT2D eigenvalue weighted by atomic mass is 16.2. The van der Waals surface area contributed by atoms with Crippen LogP contribution in [0, 0.1) is 12.8 Å². The van der Waals surface area contributed by atoms with E-state index in [-0.39, 0.29) is 17.4 Å². The summed E-state index contributed by atoms with van der Waals surface area (Å²) in [6, 6.07) is 27.3. The van der Waals surface area contributed by atoms with E-state index in [9.17, 15) is 9.59 Å². The summed E-state index contributed by atoms with van der Waals surface area (Å²) in [5.74, 6) is 1.21. The molecule has 1 aliphatic heterocycles. The van der Waals surface area contributed by atoms with Crippen molar-refractivity contribution in [3.8, 4) is 5.69 Å². The lowest BCUT2D eigenvalue weighted by molar-refractivity contribution is 0.0690. The number of piperidine rings is 1. The minimum atomic E-state index is -0.323. The summed E-state index contributed by atoms with van der Waals surface area (Å²) in [4.78, 5) is 32.5. The summed E-state index contributed by atoms with van der Waals surface area (Å²) in [5.41, 5.74) is 6.33. The van der Waals surface area contributed by atoms with Gasteiger partial charge in [-0.05, 0) is 86.2 Å². The lowest BCUT2D eigenvalue weighted by Gasteiger charge is -2.32. The van der Waals surface area contributed by atoms with Crippen LogP contribution in [0.1, 0.15) is 60.8 Å². The number of carbonyl (C=O) groups is 2. The van der Waals surface area contributed by atoms with Gasteiger partial charge in [0.15, 0.2) is 0 Å². The summed E-state index contributed by atoms with van der Waals surface area (Å²) in [7, 11) is 0. The van der Waals surface area contributed by atoms with Gasteiger partial charge < -0.3 is 10.2 Å². The van der Waals surface area contributed by atoms with Gasteiger partial charge in [0.2, 0.25) is 0 Å². The third-order valence-corrected chi connectivity index (χ3v) is 8.49. The maximum atomic E-state index is 13.2. The van der Waals surface area contributed by atoms with Gasteiger partial charge in [0.05, 0.1) is 16.9 Å². The number of rotatable bonds is 6. The van der Waals surface area contributed by atoms with Crippen LogP contribution in [-0.2, 0) is 11.8 Å². The fourth-order valence-corrected chi connectivity index (χ4v) is 5.79. The number of urea groups is 1. The molecular formula is C37H40N6O2. The number of hydrogen-bond donors (Lipinski definition) is 2. The Morgan fingerprint density at radius 3 is 2.33 bits per heavy atom. The summed E-state index contributed by atoms with van der Waals surface area (Å²) in [6.45, 7) is 9.87. The maximum absolute atomic E-state index is 13.2. The van der Waals surface area contributed by atoms with Crippen LogP contribution in [-0.4, -0.2) is 44.7 Å². The molecule has 2 aromatic heterocycles. The standard InChI is InChI=1S/C37H40N6O2/c1-25-7-14-31(15-8-25)43-34(24-33(41-43)37(2,3)4)40-36(45)39-30-12-9-26(10-13-30)22-27-17-20-42(21-18-27)35(44)29-11-16-32-28(23-29)6-5-19-38-32/h5-16,19,23-24,27H,17-18,20-22H2,1-4H3,(H2,39,40,45). The van der Waals surface area contributed by atoms with Gasteiger partial charge in [0, 0.05) is 47.4 Å². The second-order valence-electron chi connectivity index (χ2n) is 13.0. The molecule has 0 atom stereocenters. The van der Waals surface area contributed by atoms with Gasteiger partial charge in [-0.2, -0.15) is 5.10 Å². The van der Waals surface area contributed by atoms with E-state index in [1.807, 2.05) is 84.6 Å². The number of nitrogens with zero attached hydrogens (tertiary/aromatic N) is 4. The Hall–Kier alpha value is -4.98. The fourth-order valence-electron chi connectivity index (χ4n) is 5.79. The molecule has 8 nitrogen and oxygen atoms in total. The van der Waals surface area contributed by atoms with Gasteiger partial charge in [-0.25, -0.2) is 9.48 Å². The van der Waals surface area contributed by atoms with Crippen LogP contribution in [0.3, 0.4) is 0 Å². The zero-order valence-electron chi connectivity index (χ0n) is 26.4. The molecule has 3 amide bonds. The highest BCUT2D eigenvalue weighted by molar-refractivity contribution is 5.99. The predicted molar refractivity (Wildman–Crippen MR) is 180 cm³/mol. The van der Waals surface area contributed by atoms with Crippen LogP contribution in [0.2, 0.25) is 0 Å². The number of fused-ring (bicyclic) bond motifs is 1. The molecule has 3 aromatic carbocycles. The van der Waals surface area contributed by atoms with Gasteiger partial charge in [-0.15, -0.1) is 0 Å².